The van der Waals surface area contributed by atoms with E-state index in [4.69, 9.17) is 0 Å². The van der Waals surface area contributed by atoms with Crippen molar-refractivity contribution in [2.45, 2.75) is 18.9 Å². The molecule has 8 nitrogen and oxygen atoms in total. The highest BCUT2D eigenvalue weighted by Gasteiger charge is 2.28. The van der Waals surface area contributed by atoms with Crippen LogP contribution >= 0.6 is 0 Å². The number of nitrogens with one attached hydrogen (secondary N) is 1. The Bertz CT molecular complexity index is 933. The molecule has 0 saturated carbocycles. The molecule has 3 heterocycles. The third-order valence-electron chi connectivity index (χ3n) is 4.42. The van der Waals surface area contributed by atoms with Gasteiger partial charge in [0.2, 0.25) is 5.91 Å². The first-order valence-corrected chi connectivity index (χ1v) is 7.80. The van der Waals surface area contributed by atoms with Crippen molar-refractivity contribution in [1.82, 2.24) is 29.9 Å². The molecule has 8 heteroatoms. The predicted molar refractivity (Wildman–Crippen MR) is 86.3 cm³/mol. The third kappa shape index (κ3) is 2.55. The van der Waals surface area contributed by atoms with Crippen LogP contribution < -0.4 is 5.56 Å². The smallest absolute Gasteiger partial charge is 0.272 e. The van der Waals surface area contributed by atoms with Crippen LogP contribution in [0, 0.1) is 0 Å². The first-order valence-electron chi connectivity index (χ1n) is 7.80. The van der Waals surface area contributed by atoms with Gasteiger partial charge in [-0.15, -0.1) is 0 Å². The van der Waals surface area contributed by atoms with E-state index in [1.165, 1.54) is 6.33 Å². The number of benzene rings is 1. The quantitative estimate of drug-likeness (QED) is 0.758. The minimum Gasteiger partial charge on any atom is -0.340 e. The van der Waals surface area contributed by atoms with Crippen molar-refractivity contribution in [3.8, 4) is 0 Å². The van der Waals surface area contributed by atoms with E-state index in [1.54, 1.807) is 23.1 Å². The van der Waals surface area contributed by atoms with E-state index < -0.39 is 0 Å². The third-order valence-corrected chi connectivity index (χ3v) is 4.42. The molecule has 1 saturated heterocycles. The lowest BCUT2D eigenvalue weighted by molar-refractivity contribution is -0.129. The number of rotatable bonds is 3. The summed E-state index contributed by atoms with van der Waals surface area (Å²) in [6, 6.07) is 7.36. The van der Waals surface area contributed by atoms with Crippen LogP contribution in [0.1, 0.15) is 18.2 Å². The molecule has 2 aromatic heterocycles. The molecule has 1 unspecified atom stereocenters. The number of nitrogens with zero attached hydrogens (tertiary/aromatic N) is 5. The largest absolute Gasteiger partial charge is 0.340 e. The molecular weight excluding hydrogens is 308 g/mol. The molecule has 0 radical (unpaired) electrons. The van der Waals surface area contributed by atoms with E-state index in [9.17, 15) is 9.59 Å². The summed E-state index contributed by atoms with van der Waals surface area (Å²) in [6.45, 7) is 1.30. The molecule has 24 heavy (non-hydrogen) atoms. The molecule has 1 amide bonds. The summed E-state index contributed by atoms with van der Waals surface area (Å²) >= 11 is 0. The van der Waals surface area contributed by atoms with Gasteiger partial charge < -0.3 is 4.90 Å². The van der Waals surface area contributed by atoms with Gasteiger partial charge in [-0.1, -0.05) is 18.2 Å². The maximum atomic E-state index is 12.6. The number of amides is 1. The maximum Gasteiger partial charge on any atom is 0.272 e. The fraction of sp³-hybridized carbons (Fsp3) is 0.312. The lowest BCUT2D eigenvalue weighted by Crippen LogP contribution is -2.31. The van der Waals surface area contributed by atoms with Crippen LogP contribution in [-0.4, -0.2) is 48.9 Å². The van der Waals surface area contributed by atoms with Crippen LogP contribution in [0.2, 0.25) is 0 Å². The van der Waals surface area contributed by atoms with Gasteiger partial charge in [0.15, 0.2) is 0 Å². The minimum absolute atomic E-state index is 0.00215. The number of H-pyrrole nitrogens is 1. The van der Waals surface area contributed by atoms with Crippen molar-refractivity contribution in [3.63, 3.8) is 0 Å². The van der Waals surface area contributed by atoms with Gasteiger partial charge >= 0.3 is 0 Å². The van der Waals surface area contributed by atoms with E-state index in [2.05, 4.69) is 20.3 Å². The van der Waals surface area contributed by atoms with E-state index in [-0.39, 0.29) is 23.9 Å². The second-order valence-corrected chi connectivity index (χ2v) is 5.88. The highest BCUT2D eigenvalue weighted by Crippen LogP contribution is 2.21. The van der Waals surface area contributed by atoms with Gasteiger partial charge in [-0.05, 0) is 12.5 Å². The molecule has 1 N–H and O–H groups in total. The van der Waals surface area contributed by atoms with E-state index in [0.717, 1.165) is 11.8 Å². The Kier molecular flexibility index (Phi) is 3.56. The lowest BCUT2D eigenvalue weighted by Gasteiger charge is -2.16. The molecule has 4 rings (SSSR count). The number of fused-ring (bicyclic) bond motifs is 1. The highest BCUT2D eigenvalue weighted by molar-refractivity contribution is 5.88. The zero-order valence-electron chi connectivity index (χ0n) is 12.9. The monoisotopic (exact) mass is 324 g/mol. The Labute approximate surface area is 137 Å². The van der Waals surface area contributed by atoms with Crippen molar-refractivity contribution < 1.29 is 4.79 Å². The fourth-order valence-corrected chi connectivity index (χ4v) is 3.15. The van der Waals surface area contributed by atoms with Crippen LogP contribution in [0.5, 0.6) is 0 Å². The molecule has 122 valence electrons. The number of hydrogen-bond donors (Lipinski definition) is 1. The average Bonchev–Trinajstić information content (AvgIpc) is 3.28. The molecular formula is C16H16N6O2. The van der Waals surface area contributed by atoms with Gasteiger partial charge in [-0.25, -0.2) is 14.8 Å². The molecule has 1 fully saturated rings. The lowest BCUT2D eigenvalue weighted by atomic mass is 10.1. The van der Waals surface area contributed by atoms with Gasteiger partial charge in [-0.2, -0.15) is 10.2 Å². The Hall–Kier alpha value is -3.03. The molecule has 3 aromatic rings. The fourth-order valence-electron chi connectivity index (χ4n) is 3.15. The van der Waals surface area contributed by atoms with E-state index >= 15 is 0 Å². The van der Waals surface area contributed by atoms with Crippen molar-refractivity contribution in [1.29, 1.82) is 0 Å². The standard InChI is InChI=1S/C16H16N6O2/c23-15(21-6-5-11(8-21)22-10-17-9-18-22)7-14-12-3-1-2-4-13(12)16(24)20-19-14/h1-4,9-11H,5-8H2,(H,20,24). The number of aromatic nitrogens is 5. The summed E-state index contributed by atoms with van der Waals surface area (Å²) in [4.78, 5) is 30.2. The molecule has 0 spiro atoms. The zero-order chi connectivity index (χ0) is 16.5. The van der Waals surface area contributed by atoms with Crippen molar-refractivity contribution in [2.75, 3.05) is 13.1 Å². The average molecular weight is 324 g/mol. The summed E-state index contributed by atoms with van der Waals surface area (Å²) in [7, 11) is 0. The van der Waals surface area contributed by atoms with Gasteiger partial charge in [0.25, 0.3) is 5.56 Å². The number of hydrogen-bond acceptors (Lipinski definition) is 5. The van der Waals surface area contributed by atoms with Crippen molar-refractivity contribution in [3.05, 3.63) is 53.0 Å². The van der Waals surface area contributed by atoms with Gasteiger partial charge in [0.05, 0.1) is 23.5 Å². The van der Waals surface area contributed by atoms with Crippen LogP contribution in [0.4, 0.5) is 0 Å². The van der Waals surface area contributed by atoms with Gasteiger partial charge in [0.1, 0.15) is 12.7 Å². The van der Waals surface area contributed by atoms with E-state index in [1.807, 2.05) is 17.0 Å². The molecule has 1 aromatic carbocycles. The SMILES string of the molecule is O=C(Cc1n[nH]c(=O)c2ccccc12)N1CCC(n2cncn2)C1. The number of likely N-dealkylation sites (tertiary alicyclic amines) is 1. The van der Waals surface area contributed by atoms with Gasteiger partial charge in [-0.3, -0.25) is 9.59 Å². The number of carbonyl (C=O) groups excluding carboxylic acids is 1. The summed E-state index contributed by atoms with van der Waals surface area (Å²) in [5.41, 5.74) is 0.355. The van der Waals surface area contributed by atoms with Gasteiger partial charge in [0, 0.05) is 18.5 Å². The van der Waals surface area contributed by atoms with E-state index in [0.29, 0.717) is 24.2 Å². The maximum absolute atomic E-state index is 12.6. The van der Waals surface area contributed by atoms with Crippen LogP contribution in [0.3, 0.4) is 0 Å². The van der Waals surface area contributed by atoms with Crippen molar-refractivity contribution in [2.24, 2.45) is 0 Å². The summed E-state index contributed by atoms with van der Waals surface area (Å²) in [5.74, 6) is 0.00215. The van der Waals surface area contributed by atoms with Crippen LogP contribution in [0.15, 0.2) is 41.7 Å². The highest BCUT2D eigenvalue weighted by atomic mass is 16.2. The number of carbonyl (C=O) groups is 1. The van der Waals surface area contributed by atoms with Crippen molar-refractivity contribution >= 4 is 16.7 Å². The Morgan fingerprint density at radius 3 is 2.92 bits per heavy atom. The Morgan fingerprint density at radius 1 is 1.29 bits per heavy atom. The van der Waals surface area contributed by atoms with Crippen LogP contribution in [0.25, 0.3) is 10.8 Å². The van der Waals surface area contributed by atoms with Crippen LogP contribution in [-0.2, 0) is 11.2 Å². The molecule has 1 aliphatic heterocycles. The second kappa shape index (κ2) is 5.88. The molecule has 0 bridgehead atoms. The minimum atomic E-state index is -0.241. The first-order chi connectivity index (χ1) is 11.7. The molecule has 0 aliphatic carbocycles. The normalized spacial score (nSPS) is 17.5. The molecule has 1 aliphatic rings. The molecule has 1 atom stereocenters. The first kappa shape index (κ1) is 14.6. The summed E-state index contributed by atoms with van der Waals surface area (Å²) in [6.07, 6.45) is 4.20. The number of aromatic amines is 1. The summed E-state index contributed by atoms with van der Waals surface area (Å²) in [5, 5.41) is 12.0. The Morgan fingerprint density at radius 2 is 2.12 bits per heavy atom. The zero-order valence-corrected chi connectivity index (χ0v) is 12.9. The summed E-state index contributed by atoms with van der Waals surface area (Å²) < 4.78 is 1.79. The topological polar surface area (TPSA) is 96.8 Å². The Balaban J connectivity index is 1.53. The second-order valence-electron chi connectivity index (χ2n) is 5.88. The predicted octanol–water partition coefficient (Wildman–Crippen LogP) is 0.531.